The van der Waals surface area contributed by atoms with Crippen molar-refractivity contribution in [3.05, 3.63) is 30.1 Å². The largest absolute Gasteiger partial charge is 0.368 e. The smallest absolute Gasteiger partial charge is 0.0790 e. The molecule has 2 rings (SSSR count). The van der Waals surface area contributed by atoms with Gasteiger partial charge in [0.1, 0.15) is 0 Å². The van der Waals surface area contributed by atoms with E-state index >= 15 is 0 Å². The van der Waals surface area contributed by atoms with Gasteiger partial charge < -0.3 is 15.0 Å². The lowest BCUT2D eigenvalue weighted by atomic mass is 9.82. The quantitative estimate of drug-likeness (QED) is 0.903. The zero-order valence-corrected chi connectivity index (χ0v) is 14.2. The monoisotopic (exact) mass is 291 g/mol. The molecular weight excluding hydrogens is 262 g/mol. The van der Waals surface area contributed by atoms with E-state index < -0.39 is 0 Å². The predicted octanol–water partition coefficient (Wildman–Crippen LogP) is 2.30. The van der Waals surface area contributed by atoms with E-state index in [2.05, 4.69) is 62.1 Å². The van der Waals surface area contributed by atoms with Gasteiger partial charge in [-0.2, -0.15) is 0 Å². The van der Waals surface area contributed by atoms with Crippen LogP contribution in [0.15, 0.2) is 24.5 Å². The summed E-state index contributed by atoms with van der Waals surface area (Å²) in [5.41, 5.74) is 1.04. The molecule has 0 spiro atoms. The molecule has 4 heteroatoms. The SMILES string of the molecule is CNC1C(CN(C)Cc2ccncc2)C(C)(C)OC1(C)C. The number of aromatic nitrogens is 1. The van der Waals surface area contributed by atoms with E-state index in [4.69, 9.17) is 4.74 Å². The van der Waals surface area contributed by atoms with Crippen LogP contribution in [0.25, 0.3) is 0 Å². The first-order valence-corrected chi connectivity index (χ1v) is 7.71. The fourth-order valence-electron chi connectivity index (χ4n) is 3.78. The fraction of sp³-hybridized carbons (Fsp3) is 0.706. The normalized spacial score (nSPS) is 27.2. The van der Waals surface area contributed by atoms with Crippen LogP contribution < -0.4 is 5.32 Å². The molecule has 0 aromatic carbocycles. The number of likely N-dealkylation sites (N-methyl/N-ethyl adjacent to an activating group) is 1. The summed E-state index contributed by atoms with van der Waals surface area (Å²) in [6.07, 6.45) is 3.70. The molecule has 0 radical (unpaired) electrons. The van der Waals surface area contributed by atoms with E-state index in [1.165, 1.54) is 5.56 Å². The number of hydrogen-bond acceptors (Lipinski definition) is 4. The lowest BCUT2D eigenvalue weighted by molar-refractivity contribution is -0.0791. The summed E-state index contributed by atoms with van der Waals surface area (Å²) >= 11 is 0. The highest BCUT2D eigenvalue weighted by molar-refractivity contribution is 5.10. The number of pyridine rings is 1. The molecule has 1 fully saturated rings. The van der Waals surface area contributed by atoms with Gasteiger partial charge in [0, 0.05) is 37.4 Å². The van der Waals surface area contributed by atoms with Crippen LogP contribution in [-0.4, -0.2) is 47.8 Å². The van der Waals surface area contributed by atoms with Crippen molar-refractivity contribution in [3.63, 3.8) is 0 Å². The molecule has 1 N–H and O–H groups in total. The van der Waals surface area contributed by atoms with Crippen molar-refractivity contribution in [2.45, 2.75) is 51.5 Å². The maximum Gasteiger partial charge on any atom is 0.0790 e. The van der Waals surface area contributed by atoms with Crippen molar-refractivity contribution in [1.29, 1.82) is 0 Å². The molecule has 2 unspecified atom stereocenters. The third-order valence-corrected chi connectivity index (χ3v) is 4.59. The minimum Gasteiger partial charge on any atom is -0.368 e. The van der Waals surface area contributed by atoms with Crippen LogP contribution in [0.4, 0.5) is 0 Å². The first-order valence-electron chi connectivity index (χ1n) is 7.71. The summed E-state index contributed by atoms with van der Waals surface area (Å²) in [4.78, 5) is 6.45. The first-order chi connectivity index (χ1) is 9.76. The van der Waals surface area contributed by atoms with Gasteiger partial charge in [-0.1, -0.05) is 0 Å². The maximum atomic E-state index is 6.30. The average Bonchev–Trinajstić information content (AvgIpc) is 2.55. The van der Waals surface area contributed by atoms with Crippen molar-refractivity contribution in [2.75, 3.05) is 20.6 Å². The van der Waals surface area contributed by atoms with Crippen molar-refractivity contribution in [1.82, 2.24) is 15.2 Å². The minimum absolute atomic E-state index is 0.121. The minimum atomic E-state index is -0.138. The Morgan fingerprint density at radius 3 is 2.38 bits per heavy atom. The molecule has 21 heavy (non-hydrogen) atoms. The van der Waals surface area contributed by atoms with E-state index in [0.717, 1.165) is 13.1 Å². The molecule has 1 aliphatic heterocycles. The van der Waals surface area contributed by atoms with E-state index in [1.54, 1.807) is 0 Å². The standard InChI is InChI=1S/C17H29N3O/c1-16(2)14(15(18-5)17(3,4)21-16)12-20(6)11-13-7-9-19-10-8-13/h7-10,14-15,18H,11-12H2,1-6H3. The molecule has 0 amide bonds. The molecule has 1 aromatic rings. The Labute approximate surface area is 128 Å². The van der Waals surface area contributed by atoms with Crippen LogP contribution in [0.1, 0.15) is 33.3 Å². The Kier molecular flexibility index (Phi) is 4.71. The number of nitrogens with zero attached hydrogens (tertiary/aromatic N) is 2. The highest BCUT2D eigenvalue weighted by atomic mass is 16.5. The molecule has 0 bridgehead atoms. The van der Waals surface area contributed by atoms with Crippen LogP contribution >= 0.6 is 0 Å². The van der Waals surface area contributed by atoms with Crippen molar-refractivity contribution < 1.29 is 4.74 Å². The summed E-state index contributed by atoms with van der Waals surface area (Å²) in [6.45, 7) is 10.7. The molecule has 0 aliphatic carbocycles. The third kappa shape index (κ3) is 3.62. The summed E-state index contributed by atoms with van der Waals surface area (Å²) in [5.74, 6) is 0.448. The second kappa shape index (κ2) is 6.03. The highest BCUT2D eigenvalue weighted by Crippen LogP contribution is 2.42. The van der Waals surface area contributed by atoms with E-state index in [1.807, 2.05) is 19.4 Å². The summed E-state index contributed by atoms with van der Waals surface area (Å²) in [5, 5.41) is 3.47. The van der Waals surface area contributed by atoms with Gasteiger partial charge in [0.2, 0.25) is 0 Å². The molecule has 2 heterocycles. The molecule has 4 nitrogen and oxygen atoms in total. The lowest BCUT2D eigenvalue weighted by Crippen LogP contribution is -2.49. The van der Waals surface area contributed by atoms with Crippen molar-refractivity contribution in [3.8, 4) is 0 Å². The summed E-state index contributed by atoms with van der Waals surface area (Å²) < 4.78 is 6.30. The van der Waals surface area contributed by atoms with Crippen LogP contribution in [-0.2, 0) is 11.3 Å². The van der Waals surface area contributed by atoms with Gasteiger partial charge in [-0.05, 0) is 59.5 Å². The molecule has 2 atom stereocenters. The van der Waals surface area contributed by atoms with Gasteiger partial charge in [0.25, 0.3) is 0 Å². The zero-order valence-electron chi connectivity index (χ0n) is 14.2. The second-order valence-corrected chi connectivity index (χ2v) is 7.23. The number of rotatable bonds is 5. The fourth-order valence-corrected chi connectivity index (χ4v) is 3.78. The first kappa shape index (κ1) is 16.4. The molecular formula is C17H29N3O. The van der Waals surface area contributed by atoms with Crippen molar-refractivity contribution in [2.24, 2.45) is 5.92 Å². The van der Waals surface area contributed by atoms with Gasteiger partial charge >= 0.3 is 0 Å². The van der Waals surface area contributed by atoms with Gasteiger partial charge in [-0.15, -0.1) is 0 Å². The topological polar surface area (TPSA) is 37.4 Å². The van der Waals surface area contributed by atoms with Crippen molar-refractivity contribution >= 4 is 0 Å². The van der Waals surface area contributed by atoms with Gasteiger partial charge in [-0.25, -0.2) is 0 Å². The van der Waals surface area contributed by atoms with Crippen LogP contribution in [0.5, 0.6) is 0 Å². The molecule has 1 aliphatic rings. The lowest BCUT2D eigenvalue weighted by Gasteiger charge is -2.32. The molecule has 1 aromatic heterocycles. The predicted molar refractivity (Wildman–Crippen MR) is 86.2 cm³/mol. The molecule has 1 saturated heterocycles. The van der Waals surface area contributed by atoms with Gasteiger partial charge in [0.05, 0.1) is 11.2 Å². The van der Waals surface area contributed by atoms with Gasteiger partial charge in [-0.3, -0.25) is 4.98 Å². The Balaban J connectivity index is 2.06. The number of ether oxygens (including phenoxy) is 1. The Hall–Kier alpha value is -0.970. The summed E-state index contributed by atoms with van der Waals surface area (Å²) in [6, 6.07) is 4.51. The highest BCUT2D eigenvalue weighted by Gasteiger charge is 2.53. The number of hydrogen-bond donors (Lipinski definition) is 1. The average molecular weight is 291 g/mol. The van der Waals surface area contributed by atoms with E-state index in [0.29, 0.717) is 12.0 Å². The Morgan fingerprint density at radius 2 is 1.81 bits per heavy atom. The maximum absolute atomic E-state index is 6.30. The second-order valence-electron chi connectivity index (χ2n) is 7.23. The van der Waals surface area contributed by atoms with E-state index in [-0.39, 0.29) is 11.2 Å². The van der Waals surface area contributed by atoms with Gasteiger partial charge in [0.15, 0.2) is 0 Å². The third-order valence-electron chi connectivity index (χ3n) is 4.59. The Morgan fingerprint density at radius 1 is 1.19 bits per heavy atom. The van der Waals surface area contributed by atoms with E-state index in [9.17, 15) is 0 Å². The summed E-state index contributed by atoms with van der Waals surface area (Å²) in [7, 11) is 4.21. The zero-order chi connectivity index (χ0) is 15.7. The van der Waals surface area contributed by atoms with Crippen LogP contribution in [0.2, 0.25) is 0 Å². The Bertz CT molecular complexity index is 458. The number of nitrogens with one attached hydrogen (secondary N) is 1. The molecule has 118 valence electrons. The van der Waals surface area contributed by atoms with Crippen LogP contribution in [0.3, 0.4) is 0 Å². The molecule has 0 saturated carbocycles. The van der Waals surface area contributed by atoms with Crippen LogP contribution in [0, 0.1) is 5.92 Å².